The molecule has 6 heteroatoms. The van der Waals surface area contributed by atoms with E-state index in [1.807, 2.05) is 36.4 Å². The van der Waals surface area contributed by atoms with Crippen molar-refractivity contribution in [2.24, 2.45) is 5.84 Å². The van der Waals surface area contributed by atoms with E-state index in [0.717, 1.165) is 16.7 Å². The van der Waals surface area contributed by atoms with Gasteiger partial charge < -0.3 is 0 Å². The quantitative estimate of drug-likeness (QED) is 0.178. The molecule has 2 heterocycles. The van der Waals surface area contributed by atoms with E-state index < -0.39 is 5.91 Å². The molecule has 3 N–H and O–H groups in total. The first-order chi connectivity index (χ1) is 15.0. The topological polar surface area (TPSA) is 98.0 Å². The summed E-state index contributed by atoms with van der Waals surface area (Å²) >= 11 is 0. The van der Waals surface area contributed by atoms with Crippen molar-refractivity contribution in [2.45, 2.75) is 6.92 Å². The molecule has 6 nitrogen and oxygen atoms in total. The van der Waals surface area contributed by atoms with Crippen LogP contribution in [0.4, 0.5) is 0 Å². The van der Waals surface area contributed by atoms with Crippen LogP contribution in [0, 0.1) is 11.8 Å². The third kappa shape index (κ3) is 4.32. The molecule has 0 saturated heterocycles. The molecule has 2 aromatic carbocycles. The van der Waals surface area contributed by atoms with E-state index >= 15 is 0 Å². The number of Topliss-reactive ketones (excluding diaryl/α,β-unsaturated/α-hetero) is 1. The first-order valence-corrected chi connectivity index (χ1v) is 9.54. The van der Waals surface area contributed by atoms with E-state index in [2.05, 4.69) is 27.2 Å². The Hall–Kier alpha value is -4.34. The zero-order valence-electron chi connectivity index (χ0n) is 16.7. The molecule has 0 saturated carbocycles. The maximum Gasteiger partial charge on any atom is 0.265 e. The van der Waals surface area contributed by atoms with Gasteiger partial charge in [-0.3, -0.25) is 20.0 Å². The molecule has 0 aliphatic rings. The van der Waals surface area contributed by atoms with Crippen LogP contribution in [0.5, 0.6) is 0 Å². The first-order valence-electron chi connectivity index (χ1n) is 9.54. The van der Waals surface area contributed by atoms with E-state index in [9.17, 15) is 9.59 Å². The van der Waals surface area contributed by atoms with Crippen LogP contribution in [0.15, 0.2) is 73.1 Å². The first kappa shape index (κ1) is 20.0. The molecule has 0 unspecified atom stereocenters. The summed E-state index contributed by atoms with van der Waals surface area (Å²) in [6, 6.07) is 18.3. The van der Waals surface area contributed by atoms with Crippen molar-refractivity contribution in [3.63, 3.8) is 0 Å². The van der Waals surface area contributed by atoms with Crippen molar-refractivity contribution in [3.8, 4) is 23.1 Å². The van der Waals surface area contributed by atoms with Crippen LogP contribution in [0.3, 0.4) is 0 Å². The zero-order chi connectivity index (χ0) is 21.8. The van der Waals surface area contributed by atoms with Crippen LogP contribution in [0.1, 0.15) is 38.8 Å². The maximum atomic E-state index is 12.2. The summed E-state index contributed by atoms with van der Waals surface area (Å²) in [5.41, 5.74) is 7.07. The summed E-state index contributed by atoms with van der Waals surface area (Å²) in [4.78, 5) is 32.3. The van der Waals surface area contributed by atoms with E-state index in [0.29, 0.717) is 27.7 Å². The molecule has 0 aliphatic carbocycles. The number of nitrogen functional groups attached to an aromatic ring is 1. The second-order valence-electron chi connectivity index (χ2n) is 6.88. The summed E-state index contributed by atoms with van der Waals surface area (Å²) in [5.74, 6) is 11.2. The van der Waals surface area contributed by atoms with Gasteiger partial charge in [-0.25, -0.2) is 10.8 Å². The minimum absolute atomic E-state index is 0.0285. The van der Waals surface area contributed by atoms with Gasteiger partial charge >= 0.3 is 0 Å². The SMILES string of the molecule is CC(=O)c1ccc(C#Cc2ccc(-c3cc(C(=O)NN)c4cnccc4n3)cc2)cc1. The van der Waals surface area contributed by atoms with Crippen LogP contribution >= 0.6 is 0 Å². The highest BCUT2D eigenvalue weighted by Crippen LogP contribution is 2.24. The summed E-state index contributed by atoms with van der Waals surface area (Å²) in [7, 11) is 0. The summed E-state index contributed by atoms with van der Waals surface area (Å²) < 4.78 is 0. The molecule has 31 heavy (non-hydrogen) atoms. The van der Waals surface area contributed by atoms with Crippen molar-refractivity contribution in [2.75, 3.05) is 0 Å². The lowest BCUT2D eigenvalue weighted by atomic mass is 10.0. The third-order valence-electron chi connectivity index (χ3n) is 4.81. The van der Waals surface area contributed by atoms with Crippen molar-refractivity contribution >= 4 is 22.6 Å². The number of nitrogens with two attached hydrogens (primary N) is 1. The smallest absolute Gasteiger partial charge is 0.265 e. The van der Waals surface area contributed by atoms with Gasteiger partial charge in [-0.15, -0.1) is 0 Å². The van der Waals surface area contributed by atoms with Crippen molar-refractivity contribution < 1.29 is 9.59 Å². The van der Waals surface area contributed by atoms with E-state index in [1.165, 1.54) is 6.92 Å². The van der Waals surface area contributed by atoms with Crippen LogP contribution in [0.25, 0.3) is 22.2 Å². The van der Waals surface area contributed by atoms with Crippen LogP contribution in [-0.2, 0) is 0 Å². The molecule has 1 amide bonds. The van der Waals surface area contributed by atoms with Gasteiger partial charge in [-0.05, 0) is 43.3 Å². The van der Waals surface area contributed by atoms with Crippen LogP contribution in [0.2, 0.25) is 0 Å². The Bertz CT molecular complexity index is 1350. The summed E-state index contributed by atoms with van der Waals surface area (Å²) in [6.45, 7) is 1.54. The van der Waals surface area contributed by atoms with E-state index in [-0.39, 0.29) is 5.78 Å². The van der Waals surface area contributed by atoms with E-state index in [1.54, 1.807) is 36.7 Å². The highest BCUT2D eigenvalue weighted by molar-refractivity contribution is 6.06. The lowest BCUT2D eigenvalue weighted by Crippen LogP contribution is -2.30. The Morgan fingerprint density at radius 3 is 2.19 bits per heavy atom. The number of aromatic nitrogens is 2. The van der Waals surface area contributed by atoms with Gasteiger partial charge in [0.15, 0.2) is 5.78 Å². The fourth-order valence-electron chi connectivity index (χ4n) is 3.14. The number of fused-ring (bicyclic) bond motifs is 1. The number of amides is 1. The monoisotopic (exact) mass is 406 g/mol. The van der Waals surface area contributed by atoms with Gasteiger partial charge in [0.25, 0.3) is 5.91 Å². The van der Waals surface area contributed by atoms with Crippen molar-refractivity contribution in [1.29, 1.82) is 0 Å². The Morgan fingerprint density at radius 2 is 1.58 bits per heavy atom. The lowest BCUT2D eigenvalue weighted by Gasteiger charge is -2.08. The predicted molar refractivity (Wildman–Crippen MR) is 119 cm³/mol. The largest absolute Gasteiger partial charge is 0.295 e. The van der Waals surface area contributed by atoms with Gasteiger partial charge in [0.05, 0.1) is 16.8 Å². The van der Waals surface area contributed by atoms with Gasteiger partial charge in [0.2, 0.25) is 0 Å². The maximum absolute atomic E-state index is 12.2. The number of hydrazine groups is 1. The van der Waals surface area contributed by atoms with Crippen LogP contribution in [-0.4, -0.2) is 21.7 Å². The molecule has 0 bridgehead atoms. The van der Waals surface area contributed by atoms with Gasteiger partial charge in [0.1, 0.15) is 0 Å². The normalized spacial score (nSPS) is 10.3. The Labute approximate surface area is 179 Å². The fourth-order valence-corrected chi connectivity index (χ4v) is 3.14. The molecule has 4 aromatic rings. The molecular formula is C25H18N4O2. The Kier molecular flexibility index (Phi) is 5.52. The number of carbonyl (C=O) groups excluding carboxylic acids is 2. The standard InChI is InChI=1S/C25H18N4O2/c1-16(30)19-8-4-17(5-9-19)2-3-18-6-10-20(11-7-18)24-14-21(25(31)29-26)22-15-27-13-12-23(22)28-24/h4-15H,26H2,1H3,(H,29,31). The molecule has 0 radical (unpaired) electrons. The fraction of sp³-hybridized carbons (Fsp3) is 0.0400. The molecule has 4 rings (SSSR count). The second-order valence-corrected chi connectivity index (χ2v) is 6.88. The number of hydrogen-bond donors (Lipinski definition) is 2. The summed E-state index contributed by atoms with van der Waals surface area (Å²) in [6.07, 6.45) is 3.23. The highest BCUT2D eigenvalue weighted by Gasteiger charge is 2.13. The molecule has 0 aliphatic heterocycles. The molecule has 0 spiro atoms. The highest BCUT2D eigenvalue weighted by atomic mass is 16.2. The number of ketones is 1. The van der Waals surface area contributed by atoms with Gasteiger partial charge in [-0.2, -0.15) is 0 Å². The number of nitrogens with one attached hydrogen (secondary N) is 1. The second kappa shape index (κ2) is 8.57. The third-order valence-corrected chi connectivity index (χ3v) is 4.81. The molecule has 0 fully saturated rings. The Morgan fingerprint density at radius 1 is 0.935 bits per heavy atom. The van der Waals surface area contributed by atoms with Crippen molar-refractivity contribution in [3.05, 3.63) is 95.3 Å². The number of benzene rings is 2. The minimum atomic E-state index is -0.403. The summed E-state index contributed by atoms with van der Waals surface area (Å²) in [5, 5.41) is 0.632. The zero-order valence-corrected chi connectivity index (χ0v) is 16.7. The van der Waals surface area contributed by atoms with Crippen LogP contribution < -0.4 is 11.3 Å². The molecule has 150 valence electrons. The lowest BCUT2D eigenvalue weighted by molar-refractivity contribution is 0.0954. The number of hydrogen-bond acceptors (Lipinski definition) is 5. The molecule has 2 aromatic heterocycles. The Balaban J connectivity index is 1.64. The number of nitrogens with zero attached hydrogens (tertiary/aromatic N) is 2. The average Bonchev–Trinajstić information content (AvgIpc) is 2.82. The molecule has 0 atom stereocenters. The minimum Gasteiger partial charge on any atom is -0.295 e. The van der Waals surface area contributed by atoms with Gasteiger partial charge in [-0.1, -0.05) is 36.1 Å². The number of pyridine rings is 2. The average molecular weight is 406 g/mol. The number of carbonyl (C=O) groups is 2. The molecular weight excluding hydrogens is 388 g/mol. The number of rotatable bonds is 3. The van der Waals surface area contributed by atoms with E-state index in [4.69, 9.17) is 5.84 Å². The van der Waals surface area contributed by atoms with Crippen molar-refractivity contribution in [1.82, 2.24) is 15.4 Å². The predicted octanol–water partition coefficient (Wildman–Crippen LogP) is 3.50. The van der Waals surface area contributed by atoms with Gasteiger partial charge in [0, 0.05) is 40.0 Å².